The molecule has 8 heteroatoms. The lowest BCUT2D eigenvalue weighted by atomic mass is 9.83. The summed E-state index contributed by atoms with van der Waals surface area (Å²) in [5.41, 5.74) is 3.31. The van der Waals surface area contributed by atoms with Gasteiger partial charge in [0.15, 0.2) is 0 Å². The molecule has 2 amide bonds. The van der Waals surface area contributed by atoms with Gasteiger partial charge in [-0.25, -0.2) is 4.79 Å². The van der Waals surface area contributed by atoms with E-state index in [0.717, 1.165) is 43.6 Å². The Morgan fingerprint density at radius 1 is 1.24 bits per heavy atom. The minimum Gasteiger partial charge on any atom is -0.496 e. The van der Waals surface area contributed by atoms with Crippen molar-refractivity contribution in [1.29, 1.82) is 0 Å². The Balaban J connectivity index is 1.57. The normalized spacial score (nSPS) is 30.5. The molecule has 0 aromatic rings. The van der Waals surface area contributed by atoms with E-state index in [9.17, 15) is 19.5 Å². The fourth-order valence-corrected chi connectivity index (χ4v) is 6.70. The molecule has 0 aromatic heterocycles. The molecular weight excluding hydrogens is 392 g/mol. The van der Waals surface area contributed by atoms with E-state index in [2.05, 4.69) is 5.32 Å². The van der Waals surface area contributed by atoms with Crippen LogP contribution in [0.1, 0.15) is 59.3 Å². The van der Waals surface area contributed by atoms with Gasteiger partial charge in [-0.3, -0.25) is 9.59 Å². The summed E-state index contributed by atoms with van der Waals surface area (Å²) in [6.45, 7) is 6.08. The molecule has 2 fully saturated rings. The number of fused-ring (bicyclic) bond motifs is 1. The van der Waals surface area contributed by atoms with Crippen LogP contribution in [0.25, 0.3) is 0 Å². The summed E-state index contributed by atoms with van der Waals surface area (Å²) in [6, 6.07) is -0.908. The van der Waals surface area contributed by atoms with Crippen molar-refractivity contribution in [1.82, 2.24) is 10.2 Å². The highest BCUT2D eigenvalue weighted by atomic mass is 32.2. The number of carbonyl (C=O) groups excluding carboxylic acids is 2. The van der Waals surface area contributed by atoms with Crippen molar-refractivity contribution in [3.8, 4) is 0 Å². The van der Waals surface area contributed by atoms with Crippen LogP contribution in [0.5, 0.6) is 0 Å². The summed E-state index contributed by atoms with van der Waals surface area (Å²) in [6.07, 6.45) is 5.95. The van der Waals surface area contributed by atoms with Crippen molar-refractivity contribution < 1.29 is 24.2 Å². The van der Waals surface area contributed by atoms with E-state index in [4.69, 9.17) is 4.74 Å². The highest BCUT2D eigenvalue weighted by Crippen LogP contribution is 2.53. The Hall–Kier alpha value is -1.96. The van der Waals surface area contributed by atoms with Gasteiger partial charge in [-0.1, -0.05) is 5.57 Å². The molecule has 0 bridgehead atoms. The molecule has 2 N–H and O–H groups in total. The Labute approximate surface area is 174 Å². The number of hydrogen-bond acceptors (Lipinski definition) is 5. The summed E-state index contributed by atoms with van der Waals surface area (Å²) in [7, 11) is 0. The molecule has 4 aliphatic rings. The van der Waals surface area contributed by atoms with Crippen LogP contribution >= 0.6 is 11.8 Å². The van der Waals surface area contributed by atoms with Crippen molar-refractivity contribution in [2.24, 2.45) is 5.92 Å². The van der Waals surface area contributed by atoms with Gasteiger partial charge >= 0.3 is 5.97 Å². The van der Waals surface area contributed by atoms with Crippen LogP contribution in [0, 0.1) is 5.92 Å². The molecule has 0 saturated carbocycles. The first-order valence-corrected chi connectivity index (χ1v) is 11.2. The average molecular weight is 421 g/mol. The third kappa shape index (κ3) is 3.25. The van der Waals surface area contributed by atoms with Gasteiger partial charge in [0.2, 0.25) is 11.8 Å². The smallest absolute Gasteiger partial charge is 0.327 e. The molecule has 2 aliphatic carbocycles. The Morgan fingerprint density at radius 3 is 2.66 bits per heavy atom. The molecule has 0 spiro atoms. The molecule has 0 radical (unpaired) electrons. The van der Waals surface area contributed by atoms with E-state index < -0.39 is 34.0 Å². The fourth-order valence-electron chi connectivity index (χ4n) is 5.02. The summed E-state index contributed by atoms with van der Waals surface area (Å²) < 4.78 is 5.19. The SMILES string of the molecule is CCOC1=C(NC(=O)[C@@H]2C(=O)N3C(C(=O)O)C(C)(C)S[C@H]23)C2=C(CCCC2)CC1. The lowest BCUT2D eigenvalue weighted by Crippen LogP contribution is -2.66. The average Bonchev–Trinajstić information content (AvgIpc) is 2.91. The largest absolute Gasteiger partial charge is 0.496 e. The number of ether oxygens (including phenoxy) is 1. The van der Waals surface area contributed by atoms with E-state index in [0.29, 0.717) is 6.61 Å². The maximum Gasteiger partial charge on any atom is 0.327 e. The maximum atomic E-state index is 13.1. The zero-order chi connectivity index (χ0) is 20.9. The highest BCUT2D eigenvalue weighted by molar-refractivity contribution is 8.01. The zero-order valence-corrected chi connectivity index (χ0v) is 17.9. The number of carboxylic acids is 1. The zero-order valence-electron chi connectivity index (χ0n) is 17.1. The van der Waals surface area contributed by atoms with Gasteiger partial charge in [0.1, 0.15) is 17.7 Å². The Bertz CT molecular complexity index is 831. The number of nitrogens with zero attached hydrogens (tertiary/aromatic N) is 1. The van der Waals surface area contributed by atoms with Crippen LogP contribution < -0.4 is 5.32 Å². The molecule has 7 nitrogen and oxygen atoms in total. The standard InChI is InChI=1S/C21H28N2O5S/c1-4-28-13-10-9-11-7-5-6-8-12(11)15(13)22-17(24)14-18(25)23-16(20(26)27)21(2,3)29-19(14)23/h14,16,19H,4-10H2,1-3H3,(H,22,24)(H,26,27)/t14-,16?,19-/m1/s1. The summed E-state index contributed by atoms with van der Waals surface area (Å²) in [5.74, 6) is -1.83. The minimum absolute atomic E-state index is 0.350. The van der Waals surface area contributed by atoms with Gasteiger partial charge in [-0.05, 0) is 58.4 Å². The summed E-state index contributed by atoms with van der Waals surface area (Å²) in [5, 5.41) is 12.1. The third-order valence-corrected chi connectivity index (χ3v) is 7.91. The van der Waals surface area contributed by atoms with Crippen molar-refractivity contribution in [3.63, 3.8) is 0 Å². The van der Waals surface area contributed by atoms with Crippen LogP contribution in [0.15, 0.2) is 22.6 Å². The van der Waals surface area contributed by atoms with Crippen molar-refractivity contribution >= 4 is 29.5 Å². The lowest BCUT2D eigenvalue weighted by molar-refractivity contribution is -0.166. The van der Waals surface area contributed by atoms with E-state index >= 15 is 0 Å². The Morgan fingerprint density at radius 2 is 1.97 bits per heavy atom. The fraction of sp³-hybridized carbons (Fsp3) is 0.667. The topological polar surface area (TPSA) is 95.9 Å². The van der Waals surface area contributed by atoms with Gasteiger partial charge in [0, 0.05) is 11.2 Å². The molecule has 158 valence electrons. The van der Waals surface area contributed by atoms with Gasteiger partial charge < -0.3 is 20.1 Å². The number of rotatable bonds is 5. The first-order valence-electron chi connectivity index (χ1n) is 10.4. The van der Waals surface area contributed by atoms with Crippen molar-refractivity contribution in [2.45, 2.75) is 75.5 Å². The van der Waals surface area contributed by atoms with Crippen molar-refractivity contribution in [3.05, 3.63) is 22.6 Å². The van der Waals surface area contributed by atoms with E-state index in [-0.39, 0.29) is 5.91 Å². The number of allylic oxidation sites excluding steroid dienone is 3. The van der Waals surface area contributed by atoms with Crippen molar-refractivity contribution in [2.75, 3.05) is 6.61 Å². The first-order chi connectivity index (χ1) is 13.8. The molecule has 29 heavy (non-hydrogen) atoms. The van der Waals surface area contributed by atoms with E-state index in [1.165, 1.54) is 34.2 Å². The molecular formula is C21H28N2O5S. The number of nitrogens with one attached hydrogen (secondary N) is 1. The first kappa shape index (κ1) is 20.3. The quantitative estimate of drug-likeness (QED) is 0.525. The Kier molecular flexibility index (Phi) is 5.17. The van der Waals surface area contributed by atoms with Crippen LogP contribution in [-0.4, -0.2) is 50.6 Å². The monoisotopic (exact) mass is 420 g/mol. The van der Waals surface area contributed by atoms with E-state index in [1.807, 2.05) is 20.8 Å². The number of amides is 2. The van der Waals surface area contributed by atoms with Crippen LogP contribution in [0.2, 0.25) is 0 Å². The second kappa shape index (κ2) is 7.38. The lowest BCUT2D eigenvalue weighted by Gasteiger charge is -2.42. The minimum atomic E-state index is -1.03. The number of hydrogen-bond donors (Lipinski definition) is 2. The number of β-lactam (4-membered cyclic amide) rings is 1. The predicted octanol–water partition coefficient (Wildman–Crippen LogP) is 2.78. The van der Waals surface area contributed by atoms with Crippen LogP contribution in [0.3, 0.4) is 0 Å². The maximum absolute atomic E-state index is 13.1. The molecule has 1 unspecified atom stereocenters. The molecule has 0 aromatic carbocycles. The summed E-state index contributed by atoms with van der Waals surface area (Å²) >= 11 is 1.39. The van der Waals surface area contributed by atoms with E-state index in [1.54, 1.807) is 0 Å². The third-order valence-electron chi connectivity index (χ3n) is 6.34. The summed E-state index contributed by atoms with van der Waals surface area (Å²) in [4.78, 5) is 38.9. The molecule has 2 aliphatic heterocycles. The second-order valence-corrected chi connectivity index (χ2v) is 10.4. The molecule has 2 saturated heterocycles. The number of aliphatic carboxylic acids is 1. The van der Waals surface area contributed by atoms with Crippen LogP contribution in [0.4, 0.5) is 0 Å². The molecule has 2 heterocycles. The number of carboxylic acid groups (broad SMARTS) is 1. The predicted molar refractivity (Wildman–Crippen MR) is 109 cm³/mol. The molecule has 3 atom stereocenters. The van der Waals surface area contributed by atoms with Gasteiger partial charge in [0.25, 0.3) is 0 Å². The van der Waals surface area contributed by atoms with Gasteiger partial charge in [0.05, 0.1) is 17.7 Å². The van der Waals surface area contributed by atoms with Crippen LogP contribution in [-0.2, 0) is 19.1 Å². The van der Waals surface area contributed by atoms with Gasteiger partial charge in [-0.2, -0.15) is 0 Å². The van der Waals surface area contributed by atoms with Gasteiger partial charge in [-0.15, -0.1) is 11.8 Å². The number of thioether (sulfide) groups is 1. The second-order valence-electron chi connectivity index (χ2n) is 8.59. The highest BCUT2D eigenvalue weighted by Gasteiger charge is 2.65. The number of carbonyl (C=O) groups is 3. The molecule has 4 rings (SSSR count).